The van der Waals surface area contributed by atoms with Crippen molar-refractivity contribution in [2.24, 2.45) is 7.05 Å². The van der Waals surface area contributed by atoms with Gasteiger partial charge in [0.05, 0.1) is 12.7 Å². The van der Waals surface area contributed by atoms with Gasteiger partial charge in [0, 0.05) is 12.0 Å². The first-order valence-corrected chi connectivity index (χ1v) is 12.3. The average Bonchev–Trinajstić information content (AvgIpc) is 3.15. The maximum Gasteiger partial charge on any atom is 0.349 e. The number of pyridine rings is 1. The molecular formula is C30H38N3+. The molecule has 3 nitrogen and oxygen atoms in total. The molecule has 2 aromatic carbocycles. The number of hydrogen-bond donors (Lipinski definition) is 0. The van der Waals surface area contributed by atoms with Gasteiger partial charge in [-0.2, -0.15) is 0 Å². The van der Waals surface area contributed by atoms with Crippen molar-refractivity contribution in [3.05, 3.63) is 76.1 Å². The van der Waals surface area contributed by atoms with Crippen LogP contribution in [0.5, 0.6) is 0 Å². The van der Waals surface area contributed by atoms with Crippen LogP contribution in [0.3, 0.4) is 0 Å². The fourth-order valence-corrected chi connectivity index (χ4v) is 5.08. The van der Waals surface area contributed by atoms with E-state index in [0.717, 1.165) is 17.9 Å². The van der Waals surface area contributed by atoms with E-state index in [1.165, 1.54) is 50.3 Å². The van der Waals surface area contributed by atoms with E-state index in [-0.39, 0.29) is 0 Å². The highest BCUT2D eigenvalue weighted by Crippen LogP contribution is 2.35. The Balaban J connectivity index is 2.07. The van der Waals surface area contributed by atoms with Gasteiger partial charge in [-0.25, -0.2) is 4.57 Å². The van der Waals surface area contributed by atoms with Crippen molar-refractivity contribution in [3.8, 4) is 16.9 Å². The molecule has 0 bridgehead atoms. The van der Waals surface area contributed by atoms with Crippen LogP contribution >= 0.6 is 0 Å². The number of imidazole rings is 1. The minimum absolute atomic E-state index is 0.437. The largest absolute Gasteiger partial charge is 0.349 e. The maximum absolute atomic E-state index is 5.19. The van der Waals surface area contributed by atoms with Gasteiger partial charge in [0.15, 0.2) is 0 Å². The summed E-state index contributed by atoms with van der Waals surface area (Å²) in [6, 6.07) is 15.9. The second-order valence-corrected chi connectivity index (χ2v) is 10.1. The monoisotopic (exact) mass is 440 g/mol. The van der Waals surface area contributed by atoms with Gasteiger partial charge in [-0.1, -0.05) is 64.4 Å². The van der Waals surface area contributed by atoms with Crippen molar-refractivity contribution in [1.82, 2.24) is 9.55 Å². The molecule has 3 heteroatoms. The molecule has 0 N–H and O–H groups in total. The smallest absolute Gasteiger partial charge is 0.269 e. The molecule has 0 atom stereocenters. The molecule has 0 saturated heterocycles. The third-order valence-electron chi connectivity index (χ3n) is 7.01. The van der Waals surface area contributed by atoms with E-state index in [4.69, 9.17) is 4.98 Å². The van der Waals surface area contributed by atoms with E-state index in [0.29, 0.717) is 11.8 Å². The molecule has 0 radical (unpaired) electrons. The second kappa shape index (κ2) is 8.78. The standard InChI is InChI=1S/C30H38N3/c1-10-28-31-30-27(33(28)29-23(18(2)3)12-11-13-24(29)19(4)5)15-14-26(32(30)9)25-17-20(6)16-21(7)22(25)8/h11-19H,10H2,1-9H3/q+1. The lowest BCUT2D eigenvalue weighted by Gasteiger charge is -2.21. The number of aryl methyl sites for hydroxylation is 4. The Morgan fingerprint density at radius 1 is 0.909 bits per heavy atom. The molecule has 0 aliphatic carbocycles. The molecule has 0 spiro atoms. The van der Waals surface area contributed by atoms with Crippen LogP contribution in [-0.4, -0.2) is 9.55 Å². The lowest BCUT2D eigenvalue weighted by molar-refractivity contribution is -0.635. The molecule has 2 aromatic heterocycles. The predicted molar refractivity (Wildman–Crippen MR) is 139 cm³/mol. The SMILES string of the molecule is CCc1nc2c(ccc(-c3cc(C)cc(C)c3C)[n+]2C)n1-c1c(C(C)C)cccc1C(C)C. The summed E-state index contributed by atoms with van der Waals surface area (Å²) in [6.07, 6.45) is 0.885. The molecule has 0 saturated carbocycles. The minimum Gasteiger partial charge on any atom is -0.269 e. The number of rotatable bonds is 5. The fourth-order valence-electron chi connectivity index (χ4n) is 5.08. The van der Waals surface area contributed by atoms with Crippen molar-refractivity contribution >= 4 is 11.2 Å². The highest BCUT2D eigenvalue weighted by Gasteiger charge is 2.27. The van der Waals surface area contributed by atoms with Gasteiger partial charge in [-0.3, -0.25) is 4.57 Å². The van der Waals surface area contributed by atoms with Gasteiger partial charge >= 0.3 is 5.65 Å². The first kappa shape index (κ1) is 23.2. The Morgan fingerprint density at radius 3 is 2.12 bits per heavy atom. The zero-order chi connectivity index (χ0) is 24.0. The number of para-hydroxylation sites is 1. The molecule has 0 aliphatic rings. The van der Waals surface area contributed by atoms with Crippen molar-refractivity contribution in [1.29, 1.82) is 0 Å². The van der Waals surface area contributed by atoms with E-state index >= 15 is 0 Å². The lowest BCUT2D eigenvalue weighted by Crippen LogP contribution is -2.32. The third-order valence-corrected chi connectivity index (χ3v) is 7.01. The van der Waals surface area contributed by atoms with E-state index in [9.17, 15) is 0 Å². The molecule has 172 valence electrons. The molecule has 0 aliphatic heterocycles. The van der Waals surface area contributed by atoms with Crippen LogP contribution in [0.25, 0.3) is 28.1 Å². The van der Waals surface area contributed by atoms with E-state index in [1.54, 1.807) is 0 Å². The molecule has 4 aromatic rings. The zero-order valence-electron chi connectivity index (χ0n) is 21.7. The Kier molecular flexibility index (Phi) is 6.18. The molecular weight excluding hydrogens is 402 g/mol. The van der Waals surface area contributed by atoms with Crippen LogP contribution in [0.1, 0.15) is 80.1 Å². The van der Waals surface area contributed by atoms with Crippen molar-refractivity contribution in [2.75, 3.05) is 0 Å². The second-order valence-electron chi connectivity index (χ2n) is 10.1. The van der Waals surface area contributed by atoms with Gasteiger partial charge in [0.2, 0.25) is 5.82 Å². The zero-order valence-corrected chi connectivity index (χ0v) is 21.7. The summed E-state index contributed by atoms with van der Waals surface area (Å²) >= 11 is 0. The van der Waals surface area contributed by atoms with Crippen LogP contribution in [0, 0.1) is 20.8 Å². The third kappa shape index (κ3) is 3.88. The molecule has 0 fully saturated rings. The van der Waals surface area contributed by atoms with Gasteiger partial charge in [-0.15, -0.1) is 0 Å². The quantitative estimate of drug-likeness (QED) is 0.299. The average molecular weight is 441 g/mol. The Labute approximate surface area is 199 Å². The van der Waals surface area contributed by atoms with Gasteiger partial charge in [-0.05, 0) is 78.0 Å². The summed E-state index contributed by atoms with van der Waals surface area (Å²) in [4.78, 5) is 5.19. The Bertz CT molecular complexity index is 1310. The molecule has 4 rings (SSSR count). The number of benzene rings is 2. The minimum atomic E-state index is 0.437. The predicted octanol–water partition coefficient (Wildman–Crippen LogP) is 7.25. The van der Waals surface area contributed by atoms with E-state index in [2.05, 4.69) is 114 Å². The van der Waals surface area contributed by atoms with Crippen LogP contribution in [0.15, 0.2) is 42.5 Å². The van der Waals surface area contributed by atoms with Gasteiger partial charge in [0.1, 0.15) is 11.2 Å². The fraction of sp³-hybridized carbons (Fsp3) is 0.400. The molecule has 33 heavy (non-hydrogen) atoms. The van der Waals surface area contributed by atoms with Crippen molar-refractivity contribution < 1.29 is 4.57 Å². The summed E-state index contributed by atoms with van der Waals surface area (Å²) in [5, 5.41) is 0. The number of fused-ring (bicyclic) bond motifs is 1. The highest BCUT2D eigenvalue weighted by atomic mass is 15.2. The topological polar surface area (TPSA) is 21.7 Å². The lowest BCUT2D eigenvalue weighted by atomic mass is 9.92. The van der Waals surface area contributed by atoms with Crippen LogP contribution in [-0.2, 0) is 13.5 Å². The first-order valence-electron chi connectivity index (χ1n) is 12.3. The van der Waals surface area contributed by atoms with E-state index in [1.807, 2.05) is 0 Å². The molecule has 0 amide bonds. The Morgan fingerprint density at radius 2 is 1.55 bits per heavy atom. The highest BCUT2D eigenvalue weighted by molar-refractivity contribution is 5.76. The normalized spacial score (nSPS) is 11.8. The van der Waals surface area contributed by atoms with Crippen LogP contribution in [0.4, 0.5) is 0 Å². The summed E-state index contributed by atoms with van der Waals surface area (Å²) in [7, 11) is 2.16. The maximum atomic E-state index is 5.19. The summed E-state index contributed by atoms with van der Waals surface area (Å²) < 4.78 is 4.71. The van der Waals surface area contributed by atoms with E-state index < -0.39 is 0 Å². The summed E-state index contributed by atoms with van der Waals surface area (Å²) in [5.74, 6) is 1.99. The summed E-state index contributed by atoms with van der Waals surface area (Å²) in [5.41, 5.74) is 12.7. The molecule has 2 heterocycles. The number of nitrogens with zero attached hydrogens (tertiary/aromatic N) is 3. The van der Waals surface area contributed by atoms with Crippen molar-refractivity contribution in [2.45, 2.75) is 73.6 Å². The first-order chi connectivity index (χ1) is 15.6. The van der Waals surface area contributed by atoms with Crippen molar-refractivity contribution in [3.63, 3.8) is 0 Å². The van der Waals surface area contributed by atoms with Gasteiger partial charge < -0.3 is 0 Å². The van der Waals surface area contributed by atoms with Gasteiger partial charge in [0.25, 0.3) is 0 Å². The number of hydrogen-bond acceptors (Lipinski definition) is 1. The summed E-state index contributed by atoms with van der Waals surface area (Å²) in [6.45, 7) is 17.9. The molecule has 0 unspecified atom stereocenters. The number of aromatic nitrogens is 3. The van der Waals surface area contributed by atoms with Crippen LogP contribution in [0.2, 0.25) is 0 Å². The Hall–Kier alpha value is -2.94. The van der Waals surface area contributed by atoms with Crippen LogP contribution < -0.4 is 4.57 Å².